The number of aromatic nitrogens is 4. The summed E-state index contributed by atoms with van der Waals surface area (Å²) < 4.78 is 12.3. The monoisotopic (exact) mass is 381 g/mol. The van der Waals surface area contributed by atoms with Gasteiger partial charge in [-0.05, 0) is 36.6 Å². The zero-order valence-corrected chi connectivity index (χ0v) is 15.8. The van der Waals surface area contributed by atoms with Crippen LogP contribution in [0.5, 0.6) is 11.6 Å². The van der Waals surface area contributed by atoms with Gasteiger partial charge >= 0.3 is 0 Å². The van der Waals surface area contributed by atoms with Crippen molar-refractivity contribution in [3.8, 4) is 11.6 Å². The van der Waals surface area contributed by atoms with Gasteiger partial charge in [-0.2, -0.15) is 4.52 Å². The van der Waals surface area contributed by atoms with E-state index in [1.165, 1.54) is 17.3 Å². The molecule has 3 aromatic rings. The molecule has 0 aliphatic heterocycles. The summed E-state index contributed by atoms with van der Waals surface area (Å²) in [6, 6.07) is 11.4. The van der Waals surface area contributed by atoms with Crippen LogP contribution in [0.1, 0.15) is 37.7 Å². The minimum atomic E-state index is -0.364. The highest BCUT2D eigenvalue weighted by atomic mass is 16.5. The second-order valence-electron chi connectivity index (χ2n) is 7.01. The van der Waals surface area contributed by atoms with E-state index in [0.29, 0.717) is 11.5 Å². The molecule has 1 saturated carbocycles. The molecule has 8 nitrogen and oxygen atoms in total. The molecule has 146 valence electrons. The van der Waals surface area contributed by atoms with E-state index >= 15 is 0 Å². The number of carbonyl (C=O) groups is 1. The summed E-state index contributed by atoms with van der Waals surface area (Å²) in [7, 11) is 1.65. The highest BCUT2D eigenvalue weighted by Crippen LogP contribution is 2.37. The van der Waals surface area contributed by atoms with Gasteiger partial charge in [0.05, 0.1) is 12.6 Å². The van der Waals surface area contributed by atoms with Crippen LogP contribution in [-0.2, 0) is 10.3 Å². The Kier molecular flexibility index (Phi) is 5.10. The number of hydrogen-bond acceptors (Lipinski definition) is 6. The minimum Gasteiger partial charge on any atom is -0.497 e. The Bertz CT molecular complexity index is 948. The van der Waals surface area contributed by atoms with E-state index in [-0.39, 0.29) is 18.1 Å². The van der Waals surface area contributed by atoms with Crippen LogP contribution < -0.4 is 14.8 Å². The highest BCUT2D eigenvalue weighted by molar-refractivity contribution is 5.78. The Balaban J connectivity index is 1.45. The van der Waals surface area contributed by atoms with Crippen LogP contribution in [0.4, 0.5) is 0 Å². The second kappa shape index (κ2) is 7.84. The molecule has 1 aliphatic rings. The molecule has 28 heavy (non-hydrogen) atoms. The Labute approximate surface area is 162 Å². The first-order chi connectivity index (χ1) is 13.7. The van der Waals surface area contributed by atoms with Crippen molar-refractivity contribution in [1.82, 2.24) is 25.1 Å². The van der Waals surface area contributed by atoms with E-state index in [1.807, 2.05) is 24.3 Å². The van der Waals surface area contributed by atoms with Crippen LogP contribution in [-0.4, -0.2) is 39.4 Å². The Morgan fingerprint density at radius 3 is 2.68 bits per heavy atom. The average Bonchev–Trinajstić information content (AvgIpc) is 3.21. The molecule has 1 N–H and O–H groups in total. The van der Waals surface area contributed by atoms with Gasteiger partial charge in [-0.3, -0.25) is 4.79 Å². The van der Waals surface area contributed by atoms with Crippen molar-refractivity contribution in [2.45, 2.75) is 37.6 Å². The zero-order valence-electron chi connectivity index (χ0n) is 15.8. The van der Waals surface area contributed by atoms with Gasteiger partial charge in [0.25, 0.3) is 5.91 Å². The second-order valence-corrected chi connectivity index (χ2v) is 7.01. The number of rotatable bonds is 6. The van der Waals surface area contributed by atoms with Crippen molar-refractivity contribution in [2.24, 2.45) is 0 Å². The molecule has 1 amide bonds. The number of hydrogen-bond donors (Lipinski definition) is 1. The molecular weight excluding hydrogens is 358 g/mol. The van der Waals surface area contributed by atoms with Gasteiger partial charge in [0, 0.05) is 6.07 Å². The molecule has 1 aromatic carbocycles. The molecule has 1 aliphatic carbocycles. The van der Waals surface area contributed by atoms with Gasteiger partial charge in [-0.1, -0.05) is 31.4 Å². The molecule has 2 heterocycles. The van der Waals surface area contributed by atoms with Gasteiger partial charge in [0.15, 0.2) is 12.3 Å². The lowest BCUT2D eigenvalue weighted by Gasteiger charge is -2.38. The Morgan fingerprint density at radius 1 is 1.14 bits per heavy atom. The van der Waals surface area contributed by atoms with Gasteiger partial charge < -0.3 is 14.8 Å². The van der Waals surface area contributed by atoms with E-state index in [4.69, 9.17) is 9.47 Å². The van der Waals surface area contributed by atoms with Crippen LogP contribution in [0, 0.1) is 0 Å². The number of nitrogens with zero attached hydrogens (tertiary/aromatic N) is 4. The van der Waals surface area contributed by atoms with E-state index in [0.717, 1.165) is 37.0 Å². The quantitative estimate of drug-likeness (QED) is 0.705. The Hall–Kier alpha value is -3.16. The SMILES string of the molecule is COc1ccc(C2(NC(=O)COc3ccc4nncn4n3)CCCCC2)cc1. The summed E-state index contributed by atoms with van der Waals surface area (Å²) in [6.45, 7) is -0.0987. The highest BCUT2D eigenvalue weighted by Gasteiger charge is 2.35. The van der Waals surface area contributed by atoms with Crippen molar-refractivity contribution in [2.75, 3.05) is 13.7 Å². The molecule has 0 unspecified atom stereocenters. The van der Waals surface area contributed by atoms with Crippen LogP contribution in [0.3, 0.4) is 0 Å². The number of ether oxygens (including phenoxy) is 2. The molecule has 0 saturated heterocycles. The van der Waals surface area contributed by atoms with Gasteiger partial charge in [-0.25, -0.2) is 0 Å². The largest absolute Gasteiger partial charge is 0.497 e. The number of carbonyl (C=O) groups excluding carboxylic acids is 1. The topological polar surface area (TPSA) is 90.6 Å². The smallest absolute Gasteiger partial charge is 0.258 e. The van der Waals surface area contributed by atoms with Crippen molar-refractivity contribution in [3.05, 3.63) is 48.3 Å². The fourth-order valence-corrected chi connectivity index (χ4v) is 3.78. The van der Waals surface area contributed by atoms with Gasteiger partial charge in [0.2, 0.25) is 5.88 Å². The summed E-state index contributed by atoms with van der Waals surface area (Å²) in [4.78, 5) is 12.7. The van der Waals surface area contributed by atoms with Gasteiger partial charge in [0.1, 0.15) is 12.1 Å². The molecule has 0 atom stereocenters. The Morgan fingerprint density at radius 2 is 1.93 bits per heavy atom. The standard InChI is InChI=1S/C20H23N5O3/c1-27-16-7-5-15(6-8-16)20(11-3-2-4-12-20)22-18(26)13-28-19-10-9-17-23-21-14-25(17)24-19/h5-10,14H,2-4,11-13H2,1H3,(H,22,26). The molecule has 0 spiro atoms. The predicted octanol–water partition coefficient (Wildman–Crippen LogP) is 2.49. The zero-order chi connectivity index (χ0) is 19.4. The van der Waals surface area contributed by atoms with Crippen molar-refractivity contribution < 1.29 is 14.3 Å². The van der Waals surface area contributed by atoms with Crippen molar-refractivity contribution in [3.63, 3.8) is 0 Å². The summed E-state index contributed by atoms with van der Waals surface area (Å²) in [5, 5.41) is 15.1. The third kappa shape index (κ3) is 3.76. The number of benzene rings is 1. The summed E-state index contributed by atoms with van der Waals surface area (Å²) in [6.07, 6.45) is 6.67. The van der Waals surface area contributed by atoms with Crippen molar-refractivity contribution >= 4 is 11.6 Å². The average molecular weight is 381 g/mol. The molecule has 8 heteroatoms. The fourth-order valence-electron chi connectivity index (χ4n) is 3.78. The first-order valence-corrected chi connectivity index (χ1v) is 9.44. The lowest BCUT2D eigenvalue weighted by Crippen LogP contribution is -2.48. The first-order valence-electron chi connectivity index (χ1n) is 9.44. The van der Waals surface area contributed by atoms with Crippen LogP contribution in [0.2, 0.25) is 0 Å². The molecule has 4 rings (SSSR count). The predicted molar refractivity (Wildman–Crippen MR) is 102 cm³/mol. The lowest BCUT2D eigenvalue weighted by molar-refractivity contribution is -0.125. The van der Waals surface area contributed by atoms with Crippen molar-refractivity contribution in [1.29, 1.82) is 0 Å². The number of methoxy groups -OCH3 is 1. The van der Waals surface area contributed by atoms with Crippen LogP contribution in [0.25, 0.3) is 5.65 Å². The summed E-state index contributed by atoms with van der Waals surface area (Å²) in [5.41, 5.74) is 1.36. The summed E-state index contributed by atoms with van der Waals surface area (Å²) in [5.74, 6) is 0.993. The first kappa shape index (κ1) is 18.2. The normalized spacial score (nSPS) is 15.9. The maximum atomic E-state index is 12.7. The number of amides is 1. The minimum absolute atomic E-state index is 0.0987. The third-order valence-corrected chi connectivity index (χ3v) is 5.22. The molecular formula is C20H23N5O3. The van der Waals surface area contributed by atoms with Crippen LogP contribution >= 0.6 is 0 Å². The maximum absolute atomic E-state index is 12.7. The summed E-state index contributed by atoms with van der Waals surface area (Å²) >= 11 is 0. The molecule has 2 aromatic heterocycles. The molecule has 1 fully saturated rings. The third-order valence-electron chi connectivity index (χ3n) is 5.22. The van der Waals surface area contributed by atoms with Gasteiger partial charge in [-0.15, -0.1) is 15.3 Å². The maximum Gasteiger partial charge on any atom is 0.258 e. The number of nitrogens with one attached hydrogen (secondary N) is 1. The molecule has 0 radical (unpaired) electrons. The van der Waals surface area contributed by atoms with E-state index < -0.39 is 0 Å². The van der Waals surface area contributed by atoms with E-state index in [1.54, 1.807) is 19.2 Å². The number of fused-ring (bicyclic) bond motifs is 1. The lowest BCUT2D eigenvalue weighted by atomic mass is 9.76. The van der Waals surface area contributed by atoms with Crippen LogP contribution in [0.15, 0.2) is 42.7 Å². The fraction of sp³-hybridized carbons (Fsp3) is 0.400. The van der Waals surface area contributed by atoms with E-state index in [9.17, 15) is 4.79 Å². The van der Waals surface area contributed by atoms with E-state index in [2.05, 4.69) is 20.6 Å². The molecule has 0 bridgehead atoms.